The molecule has 0 atom stereocenters. The smallest absolute Gasteiger partial charge is 0.274 e. The van der Waals surface area contributed by atoms with E-state index < -0.39 is 0 Å². The van der Waals surface area contributed by atoms with Crippen molar-refractivity contribution >= 4 is 11.6 Å². The van der Waals surface area contributed by atoms with Crippen molar-refractivity contribution in [3.05, 3.63) is 83.2 Å². The van der Waals surface area contributed by atoms with Crippen molar-refractivity contribution in [3.8, 4) is 11.1 Å². The summed E-state index contributed by atoms with van der Waals surface area (Å²) in [4.78, 5) is 17.2. The molecular weight excluding hydrogens is 350 g/mol. The van der Waals surface area contributed by atoms with Gasteiger partial charge in [-0.25, -0.2) is 4.98 Å². The van der Waals surface area contributed by atoms with E-state index in [9.17, 15) is 4.79 Å². The van der Waals surface area contributed by atoms with Gasteiger partial charge in [0.05, 0.1) is 6.61 Å². The molecule has 5 nitrogen and oxygen atoms in total. The van der Waals surface area contributed by atoms with Crippen molar-refractivity contribution in [3.63, 3.8) is 0 Å². The van der Waals surface area contributed by atoms with Gasteiger partial charge in [-0.2, -0.15) is 0 Å². The largest absolute Gasteiger partial charge is 0.395 e. The summed E-state index contributed by atoms with van der Waals surface area (Å²) in [5.41, 5.74) is 6.19. The lowest BCUT2D eigenvalue weighted by Crippen LogP contribution is -2.19. The van der Waals surface area contributed by atoms with Crippen molar-refractivity contribution in [1.29, 1.82) is 0 Å². The molecule has 5 heteroatoms. The van der Waals surface area contributed by atoms with Gasteiger partial charge in [0.1, 0.15) is 5.69 Å². The van der Waals surface area contributed by atoms with E-state index in [2.05, 4.69) is 33.8 Å². The van der Waals surface area contributed by atoms with Crippen LogP contribution in [0.25, 0.3) is 11.1 Å². The van der Waals surface area contributed by atoms with Crippen LogP contribution in [0.5, 0.6) is 0 Å². The first-order valence-electron chi connectivity index (χ1n) is 9.34. The summed E-state index contributed by atoms with van der Waals surface area (Å²) >= 11 is 0. The molecule has 0 unspecified atom stereocenters. The molecule has 1 aromatic heterocycles. The molecule has 144 valence electrons. The fourth-order valence-corrected chi connectivity index (χ4v) is 3.09. The first-order chi connectivity index (χ1) is 13.6. The highest BCUT2D eigenvalue weighted by molar-refractivity contribution is 6.03. The molecule has 2 aromatic carbocycles. The van der Waals surface area contributed by atoms with Crippen LogP contribution in [0.4, 0.5) is 5.69 Å². The summed E-state index contributed by atoms with van der Waals surface area (Å²) < 4.78 is 0. The molecule has 3 aromatic rings. The van der Waals surface area contributed by atoms with Gasteiger partial charge in [0.2, 0.25) is 0 Å². The number of nitrogens with one attached hydrogen (secondary N) is 2. The number of nitrogens with zero attached hydrogens (tertiary/aromatic N) is 1. The summed E-state index contributed by atoms with van der Waals surface area (Å²) in [5.74, 6) is -0.230. The Morgan fingerprint density at radius 3 is 2.50 bits per heavy atom. The lowest BCUT2D eigenvalue weighted by Gasteiger charge is -2.13. The van der Waals surface area contributed by atoms with Gasteiger partial charge in [0.25, 0.3) is 5.91 Å². The van der Waals surface area contributed by atoms with Gasteiger partial charge in [0.15, 0.2) is 0 Å². The number of hydrogen-bond acceptors (Lipinski definition) is 4. The number of aromatic nitrogens is 1. The highest BCUT2D eigenvalue weighted by Gasteiger charge is 2.13. The fraction of sp³-hybridized carbons (Fsp3) is 0.217. The zero-order valence-corrected chi connectivity index (χ0v) is 16.2. The minimum absolute atomic E-state index is 0.0916. The number of anilines is 1. The molecule has 0 saturated carbocycles. The molecule has 0 fully saturated rings. The Morgan fingerprint density at radius 1 is 1.00 bits per heavy atom. The number of benzene rings is 2. The summed E-state index contributed by atoms with van der Waals surface area (Å²) in [5, 5.41) is 15.0. The third-order valence-corrected chi connectivity index (χ3v) is 4.70. The molecule has 0 aliphatic carbocycles. The van der Waals surface area contributed by atoms with Crippen LogP contribution in [0.3, 0.4) is 0 Å². The number of aryl methyl sites for hydroxylation is 1. The van der Waals surface area contributed by atoms with E-state index in [0.29, 0.717) is 18.8 Å². The second-order valence-corrected chi connectivity index (χ2v) is 6.64. The monoisotopic (exact) mass is 375 g/mol. The van der Waals surface area contributed by atoms with Gasteiger partial charge in [-0.15, -0.1) is 0 Å². The Kier molecular flexibility index (Phi) is 6.53. The average molecular weight is 375 g/mol. The highest BCUT2D eigenvalue weighted by atomic mass is 16.3. The second kappa shape index (κ2) is 9.26. The first-order valence-corrected chi connectivity index (χ1v) is 9.34. The van der Waals surface area contributed by atoms with Gasteiger partial charge < -0.3 is 15.7 Å². The van der Waals surface area contributed by atoms with Crippen LogP contribution < -0.4 is 10.6 Å². The van der Waals surface area contributed by atoms with Crippen LogP contribution in [0, 0.1) is 13.8 Å². The van der Waals surface area contributed by atoms with Crippen molar-refractivity contribution < 1.29 is 9.90 Å². The molecule has 0 radical (unpaired) electrons. The summed E-state index contributed by atoms with van der Waals surface area (Å²) in [7, 11) is 0. The Labute approximate surface area is 165 Å². The van der Waals surface area contributed by atoms with Crippen LogP contribution in [0.2, 0.25) is 0 Å². The Morgan fingerprint density at radius 2 is 1.79 bits per heavy atom. The van der Waals surface area contributed by atoms with E-state index in [1.165, 1.54) is 0 Å². The first kappa shape index (κ1) is 19.7. The van der Waals surface area contributed by atoms with Gasteiger partial charge in [-0.3, -0.25) is 4.79 Å². The van der Waals surface area contributed by atoms with Crippen LogP contribution in [-0.2, 0) is 6.54 Å². The third-order valence-electron chi connectivity index (χ3n) is 4.70. The highest BCUT2D eigenvalue weighted by Crippen LogP contribution is 2.28. The van der Waals surface area contributed by atoms with Gasteiger partial charge in [-0.1, -0.05) is 48.5 Å². The lowest BCUT2D eigenvalue weighted by atomic mass is 9.99. The van der Waals surface area contributed by atoms with Gasteiger partial charge in [0, 0.05) is 24.5 Å². The van der Waals surface area contributed by atoms with Crippen LogP contribution >= 0.6 is 0 Å². The number of pyridine rings is 1. The maximum absolute atomic E-state index is 12.7. The summed E-state index contributed by atoms with van der Waals surface area (Å²) in [6.45, 7) is 5.12. The van der Waals surface area contributed by atoms with E-state index >= 15 is 0 Å². The SMILES string of the molecule is Cc1nc(C(=O)Nc2cccc(-c3ccccc3)c2C)ccc1CNCCO. The normalized spacial score (nSPS) is 10.7. The van der Waals surface area contributed by atoms with Crippen LogP contribution in [-0.4, -0.2) is 29.1 Å². The van der Waals surface area contributed by atoms with E-state index in [0.717, 1.165) is 33.6 Å². The maximum atomic E-state index is 12.7. The molecule has 0 saturated heterocycles. The fourth-order valence-electron chi connectivity index (χ4n) is 3.09. The van der Waals surface area contributed by atoms with E-state index in [1.807, 2.05) is 50.2 Å². The van der Waals surface area contributed by atoms with Gasteiger partial charge >= 0.3 is 0 Å². The van der Waals surface area contributed by atoms with Gasteiger partial charge in [-0.05, 0) is 48.2 Å². The number of amides is 1. The van der Waals surface area contributed by atoms with Crippen molar-refractivity contribution in [1.82, 2.24) is 10.3 Å². The minimum Gasteiger partial charge on any atom is -0.395 e. The number of aliphatic hydroxyl groups excluding tert-OH is 1. The predicted molar refractivity (Wildman–Crippen MR) is 112 cm³/mol. The van der Waals surface area contributed by atoms with E-state index in [1.54, 1.807) is 6.07 Å². The number of carbonyl (C=O) groups excluding carboxylic acids is 1. The zero-order chi connectivity index (χ0) is 19.9. The summed E-state index contributed by atoms with van der Waals surface area (Å²) in [6.07, 6.45) is 0. The molecule has 3 N–H and O–H groups in total. The molecule has 28 heavy (non-hydrogen) atoms. The standard InChI is InChI=1S/C23H25N3O2/c1-16-20(18-7-4-3-5-8-18)9-6-10-21(16)26-23(28)22-12-11-19(17(2)25-22)15-24-13-14-27/h3-12,24,27H,13-15H2,1-2H3,(H,26,28). The van der Waals surface area contributed by atoms with E-state index in [-0.39, 0.29) is 12.5 Å². The number of aliphatic hydroxyl groups is 1. The Hall–Kier alpha value is -3.02. The minimum atomic E-state index is -0.230. The number of hydrogen-bond donors (Lipinski definition) is 3. The van der Waals surface area contributed by atoms with Crippen LogP contribution in [0.1, 0.15) is 27.3 Å². The van der Waals surface area contributed by atoms with Crippen LogP contribution in [0.15, 0.2) is 60.7 Å². The molecule has 0 aliphatic heterocycles. The van der Waals surface area contributed by atoms with E-state index in [4.69, 9.17) is 5.11 Å². The summed E-state index contributed by atoms with van der Waals surface area (Å²) in [6, 6.07) is 19.6. The van der Waals surface area contributed by atoms with Crippen molar-refractivity contribution in [2.75, 3.05) is 18.5 Å². The quantitative estimate of drug-likeness (QED) is 0.551. The molecule has 0 aliphatic rings. The maximum Gasteiger partial charge on any atom is 0.274 e. The molecule has 1 amide bonds. The second-order valence-electron chi connectivity index (χ2n) is 6.64. The molecule has 0 bridgehead atoms. The Balaban J connectivity index is 1.77. The average Bonchev–Trinajstić information content (AvgIpc) is 2.71. The lowest BCUT2D eigenvalue weighted by molar-refractivity contribution is 0.102. The molecule has 3 rings (SSSR count). The predicted octanol–water partition coefficient (Wildman–Crippen LogP) is 3.70. The number of carbonyl (C=O) groups is 1. The van der Waals surface area contributed by atoms with Crippen molar-refractivity contribution in [2.24, 2.45) is 0 Å². The Bertz CT molecular complexity index is 955. The molecule has 1 heterocycles. The zero-order valence-electron chi connectivity index (χ0n) is 16.2. The van der Waals surface area contributed by atoms with Crippen molar-refractivity contribution in [2.45, 2.75) is 20.4 Å². The molecular formula is C23H25N3O2. The number of rotatable bonds is 7. The molecule has 0 spiro atoms. The third kappa shape index (κ3) is 4.63. The topological polar surface area (TPSA) is 74.2 Å².